The summed E-state index contributed by atoms with van der Waals surface area (Å²) in [7, 11) is 5.47. The number of aliphatic hydroxyl groups is 1. The Morgan fingerprint density at radius 2 is 1.89 bits per heavy atom. The molecule has 0 aromatic heterocycles. The molecule has 208 valence electrons. The van der Waals surface area contributed by atoms with Gasteiger partial charge in [-0.2, -0.15) is 0 Å². The summed E-state index contributed by atoms with van der Waals surface area (Å²) in [5.41, 5.74) is -0.405. The van der Waals surface area contributed by atoms with Crippen LogP contribution in [0.1, 0.15) is 49.4 Å². The second-order valence-electron chi connectivity index (χ2n) is 13.2. The van der Waals surface area contributed by atoms with Gasteiger partial charge in [-0.25, -0.2) is 4.79 Å². The van der Waals surface area contributed by atoms with Gasteiger partial charge in [0.15, 0.2) is 0 Å². The van der Waals surface area contributed by atoms with Gasteiger partial charge in [0, 0.05) is 68.9 Å². The van der Waals surface area contributed by atoms with Crippen molar-refractivity contribution in [3.63, 3.8) is 0 Å². The Hall–Kier alpha value is -1.51. The maximum absolute atomic E-state index is 13.4. The minimum Gasteiger partial charge on any atom is -0.458 e. The van der Waals surface area contributed by atoms with Crippen molar-refractivity contribution in [3.05, 3.63) is 35.9 Å². The Labute approximate surface area is 226 Å². The highest BCUT2D eigenvalue weighted by atomic mass is 16.6. The molecule has 1 aromatic rings. The first-order chi connectivity index (χ1) is 18.4. The molecule has 6 aliphatic rings. The van der Waals surface area contributed by atoms with Gasteiger partial charge in [0.2, 0.25) is 0 Å². The van der Waals surface area contributed by atoms with E-state index in [4.69, 9.17) is 18.9 Å². The van der Waals surface area contributed by atoms with E-state index in [1.54, 1.807) is 7.11 Å². The minimum absolute atomic E-state index is 0.0645. The van der Waals surface area contributed by atoms with Crippen molar-refractivity contribution in [2.45, 2.75) is 69.0 Å². The molecule has 5 aliphatic carbocycles. The van der Waals surface area contributed by atoms with Crippen LogP contribution in [0.5, 0.6) is 0 Å². The molecule has 1 aliphatic heterocycles. The zero-order valence-corrected chi connectivity index (χ0v) is 23.2. The average molecular weight is 526 g/mol. The Balaban J connectivity index is 1.38. The third-order valence-corrected chi connectivity index (χ3v) is 12.4. The maximum atomic E-state index is 13.4. The number of piperidine rings is 1. The molecule has 12 atom stereocenters. The summed E-state index contributed by atoms with van der Waals surface area (Å²) < 4.78 is 24.9. The second-order valence-corrected chi connectivity index (χ2v) is 13.2. The van der Waals surface area contributed by atoms with E-state index in [-0.39, 0.29) is 64.8 Å². The predicted octanol–water partition coefficient (Wildman–Crippen LogP) is 3.40. The lowest BCUT2D eigenvalue weighted by atomic mass is 9.43. The van der Waals surface area contributed by atoms with Gasteiger partial charge in [-0.3, -0.25) is 4.90 Å². The number of carbonyl (C=O) groups excluding carboxylic acids is 1. The quantitative estimate of drug-likeness (QED) is 0.547. The summed E-state index contributed by atoms with van der Waals surface area (Å²) in [6, 6.07) is 9.52. The van der Waals surface area contributed by atoms with Crippen LogP contribution in [0.2, 0.25) is 0 Å². The normalized spacial score (nSPS) is 50.2. The van der Waals surface area contributed by atoms with Crippen molar-refractivity contribution >= 4 is 5.97 Å². The fourth-order valence-corrected chi connectivity index (χ4v) is 11.5. The number of fused-ring (bicyclic) bond motifs is 2. The van der Waals surface area contributed by atoms with Crippen LogP contribution in [0.25, 0.3) is 0 Å². The number of rotatable bonds is 7. The smallest absolute Gasteiger partial charge is 0.338 e. The lowest BCUT2D eigenvalue weighted by Gasteiger charge is -2.69. The number of esters is 1. The topological polar surface area (TPSA) is 77.5 Å². The summed E-state index contributed by atoms with van der Waals surface area (Å²) >= 11 is 0. The van der Waals surface area contributed by atoms with Gasteiger partial charge in [0.25, 0.3) is 0 Å². The monoisotopic (exact) mass is 525 g/mol. The van der Waals surface area contributed by atoms with Crippen molar-refractivity contribution in [2.75, 3.05) is 41.0 Å². The number of hydrogen-bond acceptors (Lipinski definition) is 7. The first kappa shape index (κ1) is 25.5. The average Bonchev–Trinajstić information content (AvgIpc) is 3.38. The lowest BCUT2D eigenvalue weighted by Crippen LogP contribution is -2.76. The molecule has 38 heavy (non-hydrogen) atoms. The van der Waals surface area contributed by atoms with E-state index in [0.717, 1.165) is 45.4 Å². The van der Waals surface area contributed by atoms with Gasteiger partial charge < -0.3 is 24.1 Å². The largest absolute Gasteiger partial charge is 0.458 e. The fourth-order valence-electron chi connectivity index (χ4n) is 11.5. The predicted molar refractivity (Wildman–Crippen MR) is 141 cm³/mol. The van der Waals surface area contributed by atoms with Gasteiger partial charge in [0.05, 0.1) is 30.0 Å². The van der Waals surface area contributed by atoms with E-state index < -0.39 is 5.60 Å². The Kier molecular flexibility index (Phi) is 5.86. The molecule has 1 heterocycles. The first-order valence-corrected chi connectivity index (χ1v) is 14.7. The Bertz CT molecular complexity index is 1080. The molecule has 7 nitrogen and oxygen atoms in total. The molecule has 7 rings (SSSR count). The van der Waals surface area contributed by atoms with Crippen molar-refractivity contribution in [2.24, 2.45) is 40.4 Å². The number of benzene rings is 1. The van der Waals surface area contributed by atoms with Crippen LogP contribution in [0.15, 0.2) is 30.3 Å². The molecule has 7 bridgehead atoms. The standard InChI is InChI=1S/C31H43NO6/c1-5-32-16-29(17-35-2)12-11-24(37-4)31-20-13-19-22(36-3)15-30(34,21(27(31)32)14-23(29)31)25(20)26(19)38-28(33)18-9-7-6-8-10-18/h6-10,19-27,34H,5,11-17H2,1-4H3/t19-,20-,21+,22+,23-,24+,25-,26+,27?,29+,30+,31-/m1/s1. The lowest BCUT2D eigenvalue weighted by molar-refractivity contribution is -0.276. The van der Waals surface area contributed by atoms with E-state index in [1.807, 2.05) is 44.6 Å². The molecular formula is C31H43NO6. The van der Waals surface area contributed by atoms with Crippen LogP contribution >= 0.6 is 0 Å². The molecular weight excluding hydrogens is 482 g/mol. The van der Waals surface area contributed by atoms with E-state index >= 15 is 0 Å². The molecule has 1 spiro atoms. The van der Waals surface area contributed by atoms with E-state index in [0.29, 0.717) is 17.9 Å². The maximum Gasteiger partial charge on any atom is 0.338 e. The van der Waals surface area contributed by atoms with Crippen LogP contribution in [-0.4, -0.2) is 87.0 Å². The summed E-state index contributed by atoms with van der Waals surface area (Å²) in [5.74, 6) is 0.395. The Morgan fingerprint density at radius 3 is 2.58 bits per heavy atom. The summed E-state index contributed by atoms with van der Waals surface area (Å²) in [6.45, 7) is 4.99. The molecule has 1 unspecified atom stereocenters. The SMILES string of the molecule is CCN1C[C@]2(COC)CC[C@H](OC)[C@]34C1[C@H](C[C@H]23)[C@@]1(O)C[C@H](OC)[C@H]2C[C@@H]4[C@@H]1[C@H]2OC(=O)c1ccccc1. The zero-order valence-electron chi connectivity index (χ0n) is 23.2. The first-order valence-electron chi connectivity index (χ1n) is 14.7. The summed E-state index contributed by atoms with van der Waals surface area (Å²) in [5, 5.41) is 12.9. The van der Waals surface area contributed by atoms with Gasteiger partial charge in [-0.15, -0.1) is 0 Å². The third-order valence-electron chi connectivity index (χ3n) is 12.4. The molecule has 6 fully saturated rings. The number of hydrogen-bond donors (Lipinski definition) is 1. The van der Waals surface area contributed by atoms with Crippen LogP contribution < -0.4 is 0 Å². The number of methoxy groups -OCH3 is 3. The number of likely N-dealkylation sites (tertiary alicyclic amines) is 1. The number of ether oxygens (including phenoxy) is 4. The molecule has 0 amide bonds. The van der Waals surface area contributed by atoms with Crippen LogP contribution in [0.3, 0.4) is 0 Å². The summed E-state index contributed by atoms with van der Waals surface area (Å²) in [6.07, 6.45) is 4.25. The highest BCUT2D eigenvalue weighted by Crippen LogP contribution is 2.79. The molecule has 0 radical (unpaired) electrons. The minimum atomic E-state index is -0.942. The highest BCUT2D eigenvalue weighted by Gasteiger charge is 2.84. The molecule has 7 heteroatoms. The van der Waals surface area contributed by atoms with Crippen molar-refractivity contribution in [1.29, 1.82) is 0 Å². The number of nitrogens with zero attached hydrogens (tertiary/aromatic N) is 1. The van der Waals surface area contributed by atoms with Crippen molar-refractivity contribution < 1.29 is 28.8 Å². The molecule has 5 saturated carbocycles. The summed E-state index contributed by atoms with van der Waals surface area (Å²) in [4.78, 5) is 16.1. The molecule has 1 aromatic carbocycles. The second kappa shape index (κ2) is 8.74. The van der Waals surface area contributed by atoms with Gasteiger partial charge in [-0.1, -0.05) is 25.1 Å². The Morgan fingerprint density at radius 1 is 1.11 bits per heavy atom. The fraction of sp³-hybridized carbons (Fsp3) is 0.774. The highest BCUT2D eigenvalue weighted by molar-refractivity contribution is 5.89. The zero-order chi connectivity index (χ0) is 26.4. The van der Waals surface area contributed by atoms with Gasteiger partial charge in [-0.05, 0) is 56.2 Å². The molecule has 1 saturated heterocycles. The van der Waals surface area contributed by atoms with Crippen molar-refractivity contribution in [1.82, 2.24) is 4.90 Å². The van der Waals surface area contributed by atoms with E-state index in [2.05, 4.69) is 11.8 Å². The van der Waals surface area contributed by atoms with Gasteiger partial charge >= 0.3 is 5.97 Å². The number of carbonyl (C=O) groups is 1. The molecule has 1 N–H and O–H groups in total. The van der Waals surface area contributed by atoms with Crippen molar-refractivity contribution in [3.8, 4) is 0 Å². The third kappa shape index (κ3) is 2.95. The van der Waals surface area contributed by atoms with E-state index in [9.17, 15) is 9.90 Å². The van der Waals surface area contributed by atoms with Crippen LogP contribution in [0, 0.1) is 40.4 Å². The van der Waals surface area contributed by atoms with E-state index in [1.165, 1.54) is 0 Å². The van der Waals surface area contributed by atoms with Crippen LogP contribution in [0.4, 0.5) is 0 Å². The van der Waals surface area contributed by atoms with Gasteiger partial charge in [0.1, 0.15) is 6.10 Å². The van der Waals surface area contributed by atoms with Crippen LogP contribution in [-0.2, 0) is 18.9 Å².